The van der Waals surface area contributed by atoms with Gasteiger partial charge in [0.05, 0.1) is 0 Å². The fourth-order valence-electron chi connectivity index (χ4n) is 3.36. The molecule has 1 amide bonds. The van der Waals surface area contributed by atoms with Gasteiger partial charge in [-0.1, -0.05) is 41.7 Å². The number of hydrogen-bond donors (Lipinski definition) is 1. The first-order valence-corrected chi connectivity index (χ1v) is 10.5. The van der Waals surface area contributed by atoms with Crippen molar-refractivity contribution in [3.05, 3.63) is 48.8 Å². The highest BCUT2D eigenvalue weighted by atomic mass is 32.1. The first-order valence-electron chi connectivity index (χ1n) is 9.66. The number of nitrogens with one attached hydrogen (secondary N) is 1. The van der Waals surface area contributed by atoms with Crippen LogP contribution in [0.15, 0.2) is 48.8 Å². The van der Waals surface area contributed by atoms with Gasteiger partial charge in [0.2, 0.25) is 11.0 Å². The molecular weight excluding hydrogens is 372 g/mol. The van der Waals surface area contributed by atoms with E-state index in [1.807, 2.05) is 30.5 Å². The Morgan fingerprint density at radius 3 is 2.71 bits per heavy atom. The third-order valence-corrected chi connectivity index (χ3v) is 6.07. The van der Waals surface area contributed by atoms with Crippen LogP contribution in [0.2, 0.25) is 0 Å². The smallest absolute Gasteiger partial charge is 0.221 e. The molecule has 8 heteroatoms. The minimum atomic E-state index is 0.0922. The Balaban J connectivity index is 1.20. The number of carbonyl (C=O) groups is 1. The van der Waals surface area contributed by atoms with E-state index in [1.165, 1.54) is 0 Å². The molecule has 0 radical (unpaired) electrons. The highest BCUT2D eigenvalue weighted by Gasteiger charge is 2.22. The number of piperidine rings is 1. The first kappa shape index (κ1) is 18.6. The van der Waals surface area contributed by atoms with Crippen molar-refractivity contribution < 1.29 is 4.79 Å². The number of aromatic nitrogens is 4. The molecule has 146 valence electrons. The zero-order chi connectivity index (χ0) is 19.2. The number of carbonyl (C=O) groups excluding carboxylic acids is 1. The molecule has 3 aromatic rings. The fraction of sp³-hybridized carbons (Fsp3) is 0.400. The van der Waals surface area contributed by atoms with Gasteiger partial charge in [-0.3, -0.25) is 9.48 Å². The van der Waals surface area contributed by atoms with Crippen LogP contribution in [0.3, 0.4) is 0 Å². The molecule has 0 bridgehead atoms. The topological polar surface area (TPSA) is 75.9 Å². The summed E-state index contributed by atoms with van der Waals surface area (Å²) in [7, 11) is 0. The van der Waals surface area contributed by atoms with E-state index in [0.717, 1.165) is 48.2 Å². The highest BCUT2D eigenvalue weighted by Crippen LogP contribution is 2.30. The largest absolute Gasteiger partial charge is 0.356 e. The van der Waals surface area contributed by atoms with Crippen LogP contribution in [-0.2, 0) is 11.3 Å². The summed E-state index contributed by atoms with van der Waals surface area (Å²) in [5.41, 5.74) is 1.11. The molecule has 1 aromatic carbocycles. The number of rotatable bonds is 7. The van der Waals surface area contributed by atoms with E-state index in [0.29, 0.717) is 18.9 Å². The molecule has 1 N–H and O–H groups in total. The first-order chi connectivity index (χ1) is 13.8. The van der Waals surface area contributed by atoms with E-state index in [9.17, 15) is 4.79 Å². The van der Waals surface area contributed by atoms with Crippen LogP contribution in [-0.4, -0.2) is 45.5 Å². The Morgan fingerprint density at radius 2 is 1.96 bits per heavy atom. The predicted octanol–water partition coefficient (Wildman–Crippen LogP) is 2.82. The molecule has 0 unspecified atom stereocenters. The summed E-state index contributed by atoms with van der Waals surface area (Å²) >= 11 is 1.64. The average Bonchev–Trinajstić information content (AvgIpc) is 3.44. The van der Waals surface area contributed by atoms with Gasteiger partial charge in [-0.25, -0.2) is 0 Å². The van der Waals surface area contributed by atoms with Crippen molar-refractivity contribution in [2.75, 3.05) is 24.5 Å². The standard InChI is InChI=1S/C20H24N6OS/c27-18(9-14-26-11-4-10-22-26)21-15-16-7-12-25(13-8-16)20-24-23-19(28-20)17-5-2-1-3-6-17/h1-6,10-11,16H,7-9,12-15H2,(H,21,27). The van der Waals surface area contributed by atoms with Crippen LogP contribution in [0.4, 0.5) is 5.13 Å². The van der Waals surface area contributed by atoms with Gasteiger partial charge in [0, 0.05) is 50.6 Å². The lowest BCUT2D eigenvalue weighted by molar-refractivity contribution is -0.121. The second-order valence-electron chi connectivity index (χ2n) is 7.01. The van der Waals surface area contributed by atoms with Gasteiger partial charge in [0.1, 0.15) is 5.01 Å². The summed E-state index contributed by atoms with van der Waals surface area (Å²) in [6.45, 7) is 3.28. The Hall–Kier alpha value is -2.74. The Morgan fingerprint density at radius 1 is 1.14 bits per heavy atom. The lowest BCUT2D eigenvalue weighted by Crippen LogP contribution is -2.38. The molecule has 1 aliphatic rings. The van der Waals surface area contributed by atoms with E-state index in [4.69, 9.17) is 0 Å². The van der Waals surface area contributed by atoms with E-state index in [1.54, 1.807) is 22.2 Å². The number of nitrogens with zero attached hydrogens (tertiary/aromatic N) is 5. The van der Waals surface area contributed by atoms with Gasteiger partial charge in [-0.05, 0) is 24.8 Å². The molecule has 1 aliphatic heterocycles. The minimum Gasteiger partial charge on any atom is -0.356 e. The zero-order valence-corrected chi connectivity index (χ0v) is 16.5. The third kappa shape index (κ3) is 4.75. The second kappa shape index (κ2) is 8.97. The summed E-state index contributed by atoms with van der Waals surface area (Å²) in [5.74, 6) is 0.612. The highest BCUT2D eigenvalue weighted by molar-refractivity contribution is 7.18. The average molecular weight is 397 g/mol. The maximum absolute atomic E-state index is 12.0. The minimum absolute atomic E-state index is 0.0922. The molecule has 1 fully saturated rings. The van der Waals surface area contributed by atoms with Crippen molar-refractivity contribution in [3.8, 4) is 10.6 Å². The summed E-state index contributed by atoms with van der Waals surface area (Å²) in [6.07, 6.45) is 6.18. The molecule has 2 aromatic heterocycles. The molecule has 4 rings (SSSR count). The lowest BCUT2D eigenvalue weighted by atomic mass is 9.97. The second-order valence-corrected chi connectivity index (χ2v) is 7.97. The maximum atomic E-state index is 12.0. The molecule has 7 nitrogen and oxygen atoms in total. The van der Waals surface area contributed by atoms with E-state index < -0.39 is 0 Å². The molecule has 0 saturated carbocycles. The number of amides is 1. The van der Waals surface area contributed by atoms with Crippen molar-refractivity contribution >= 4 is 22.4 Å². The van der Waals surface area contributed by atoms with Crippen molar-refractivity contribution in [3.63, 3.8) is 0 Å². The molecule has 1 saturated heterocycles. The van der Waals surface area contributed by atoms with Crippen LogP contribution in [0.1, 0.15) is 19.3 Å². The van der Waals surface area contributed by atoms with Crippen LogP contribution in [0.5, 0.6) is 0 Å². The van der Waals surface area contributed by atoms with Gasteiger partial charge in [0.25, 0.3) is 0 Å². The van der Waals surface area contributed by atoms with Crippen LogP contribution in [0, 0.1) is 5.92 Å². The zero-order valence-electron chi connectivity index (χ0n) is 15.7. The number of hydrogen-bond acceptors (Lipinski definition) is 6. The normalized spacial score (nSPS) is 14.9. The summed E-state index contributed by atoms with van der Waals surface area (Å²) in [5, 5.41) is 17.9. The Kier molecular flexibility index (Phi) is 5.96. The lowest BCUT2D eigenvalue weighted by Gasteiger charge is -2.31. The van der Waals surface area contributed by atoms with Crippen molar-refractivity contribution in [1.29, 1.82) is 0 Å². The van der Waals surface area contributed by atoms with Crippen molar-refractivity contribution in [1.82, 2.24) is 25.3 Å². The molecule has 28 heavy (non-hydrogen) atoms. The molecule has 0 spiro atoms. The van der Waals surface area contributed by atoms with Crippen LogP contribution < -0.4 is 10.2 Å². The van der Waals surface area contributed by atoms with E-state index >= 15 is 0 Å². The van der Waals surface area contributed by atoms with Gasteiger partial charge < -0.3 is 10.2 Å². The van der Waals surface area contributed by atoms with Crippen molar-refractivity contribution in [2.45, 2.75) is 25.8 Å². The fourth-order valence-corrected chi connectivity index (χ4v) is 4.27. The molecule has 0 atom stereocenters. The number of aryl methyl sites for hydroxylation is 1. The summed E-state index contributed by atoms with van der Waals surface area (Å²) < 4.78 is 1.78. The van der Waals surface area contributed by atoms with Crippen LogP contribution >= 0.6 is 11.3 Å². The predicted molar refractivity (Wildman–Crippen MR) is 110 cm³/mol. The van der Waals surface area contributed by atoms with Gasteiger partial charge in [-0.15, -0.1) is 10.2 Å². The monoisotopic (exact) mass is 396 g/mol. The van der Waals surface area contributed by atoms with E-state index in [-0.39, 0.29) is 5.91 Å². The molecule has 0 aliphatic carbocycles. The third-order valence-electron chi connectivity index (χ3n) is 5.04. The SMILES string of the molecule is O=C(CCn1cccn1)NCC1CCN(c2nnc(-c3ccccc3)s2)CC1. The quantitative estimate of drug-likeness (QED) is 0.665. The molecule has 3 heterocycles. The van der Waals surface area contributed by atoms with Gasteiger partial charge in [0.15, 0.2) is 0 Å². The summed E-state index contributed by atoms with van der Waals surface area (Å²) in [4.78, 5) is 14.3. The summed E-state index contributed by atoms with van der Waals surface area (Å²) in [6, 6.07) is 12.0. The van der Waals surface area contributed by atoms with Gasteiger partial charge in [-0.2, -0.15) is 5.10 Å². The number of anilines is 1. The van der Waals surface area contributed by atoms with Crippen LogP contribution in [0.25, 0.3) is 10.6 Å². The Labute approximate surface area is 168 Å². The van der Waals surface area contributed by atoms with Gasteiger partial charge >= 0.3 is 0 Å². The number of benzene rings is 1. The maximum Gasteiger partial charge on any atom is 0.221 e. The van der Waals surface area contributed by atoms with Crippen molar-refractivity contribution in [2.24, 2.45) is 5.92 Å². The molecular formula is C20H24N6OS. The van der Waals surface area contributed by atoms with E-state index in [2.05, 4.69) is 37.6 Å². The Bertz CT molecular complexity index is 871.